The number of hydrogen-bond acceptors (Lipinski definition) is 4. The monoisotopic (exact) mass is 350 g/mol. The first-order valence-corrected chi connectivity index (χ1v) is 8.97. The molecule has 1 aliphatic carbocycles. The number of phenols is 1. The Labute approximate surface area is 151 Å². The number of aliphatic hydroxyl groups is 1. The van der Waals surface area contributed by atoms with Gasteiger partial charge < -0.3 is 20.5 Å². The van der Waals surface area contributed by atoms with Crippen LogP contribution >= 0.6 is 0 Å². The highest BCUT2D eigenvalue weighted by atomic mass is 16.3. The molecular weight excluding hydrogens is 328 g/mol. The van der Waals surface area contributed by atoms with E-state index in [4.69, 9.17) is 0 Å². The van der Waals surface area contributed by atoms with Gasteiger partial charge in [-0.3, -0.25) is 4.79 Å². The van der Waals surface area contributed by atoms with Crippen LogP contribution in [0.4, 0.5) is 0 Å². The van der Waals surface area contributed by atoms with Crippen molar-refractivity contribution < 1.29 is 10.2 Å². The fourth-order valence-electron chi connectivity index (χ4n) is 3.88. The molecule has 2 aromatic carbocycles. The van der Waals surface area contributed by atoms with Crippen molar-refractivity contribution in [1.82, 2.24) is 10.3 Å². The van der Waals surface area contributed by atoms with Gasteiger partial charge in [0.1, 0.15) is 5.75 Å². The number of aryl methyl sites for hydroxylation is 1. The van der Waals surface area contributed by atoms with E-state index < -0.39 is 6.10 Å². The zero-order chi connectivity index (χ0) is 18.1. The molecule has 5 heteroatoms. The summed E-state index contributed by atoms with van der Waals surface area (Å²) in [6.45, 7) is 0.401. The van der Waals surface area contributed by atoms with Crippen molar-refractivity contribution >= 4 is 10.9 Å². The van der Waals surface area contributed by atoms with Crippen LogP contribution in [-0.4, -0.2) is 21.7 Å². The zero-order valence-corrected chi connectivity index (χ0v) is 14.4. The SMILES string of the molecule is O=c1ccc2c([C@@H](O)CNC3CCCc4ccccc43)ccc(O)c2[nH]1. The summed E-state index contributed by atoms with van der Waals surface area (Å²) >= 11 is 0. The van der Waals surface area contributed by atoms with Gasteiger partial charge in [0.25, 0.3) is 0 Å². The molecule has 1 aromatic heterocycles. The van der Waals surface area contributed by atoms with E-state index >= 15 is 0 Å². The van der Waals surface area contributed by atoms with Gasteiger partial charge in [-0.05, 0) is 48.1 Å². The predicted octanol–water partition coefficient (Wildman–Crippen LogP) is 2.93. The minimum Gasteiger partial charge on any atom is -0.506 e. The lowest BCUT2D eigenvalue weighted by Crippen LogP contribution is -2.29. The molecule has 0 spiro atoms. The Balaban J connectivity index is 1.57. The third-order valence-electron chi connectivity index (χ3n) is 5.19. The van der Waals surface area contributed by atoms with Gasteiger partial charge in [0.15, 0.2) is 0 Å². The molecule has 0 fully saturated rings. The lowest BCUT2D eigenvalue weighted by atomic mass is 9.87. The van der Waals surface area contributed by atoms with Gasteiger partial charge in [0, 0.05) is 24.0 Å². The molecule has 4 rings (SSSR count). The highest BCUT2D eigenvalue weighted by molar-refractivity contribution is 5.87. The minimum absolute atomic E-state index is 0.00261. The van der Waals surface area contributed by atoms with E-state index in [-0.39, 0.29) is 17.4 Å². The van der Waals surface area contributed by atoms with Crippen molar-refractivity contribution in [3.8, 4) is 5.75 Å². The lowest BCUT2D eigenvalue weighted by Gasteiger charge is -2.27. The largest absolute Gasteiger partial charge is 0.506 e. The molecule has 4 N–H and O–H groups in total. The van der Waals surface area contributed by atoms with E-state index in [0.29, 0.717) is 23.0 Å². The Bertz CT molecular complexity index is 996. The second-order valence-electron chi connectivity index (χ2n) is 6.85. The number of H-pyrrole nitrogens is 1. The van der Waals surface area contributed by atoms with Gasteiger partial charge in [-0.2, -0.15) is 0 Å². The maximum absolute atomic E-state index is 11.5. The van der Waals surface area contributed by atoms with Gasteiger partial charge in [0.05, 0.1) is 11.6 Å². The lowest BCUT2D eigenvalue weighted by molar-refractivity contribution is 0.169. The molecule has 26 heavy (non-hydrogen) atoms. The highest BCUT2D eigenvalue weighted by Gasteiger charge is 2.21. The first-order valence-electron chi connectivity index (χ1n) is 8.97. The number of hydrogen-bond donors (Lipinski definition) is 4. The average Bonchev–Trinajstić information content (AvgIpc) is 2.66. The Morgan fingerprint density at radius 2 is 2.00 bits per heavy atom. The number of nitrogens with one attached hydrogen (secondary N) is 2. The van der Waals surface area contributed by atoms with Gasteiger partial charge in [-0.15, -0.1) is 0 Å². The second kappa shape index (κ2) is 6.94. The van der Waals surface area contributed by atoms with Gasteiger partial charge in [-0.25, -0.2) is 0 Å². The van der Waals surface area contributed by atoms with E-state index in [2.05, 4.69) is 34.6 Å². The van der Waals surface area contributed by atoms with Crippen molar-refractivity contribution in [2.24, 2.45) is 0 Å². The van der Waals surface area contributed by atoms with Crippen LogP contribution < -0.4 is 10.9 Å². The number of phenolic OH excluding ortho intramolecular Hbond substituents is 1. The normalized spacial score (nSPS) is 17.8. The molecule has 0 bridgehead atoms. The summed E-state index contributed by atoms with van der Waals surface area (Å²) in [5.41, 5.74) is 3.45. The first-order chi connectivity index (χ1) is 12.6. The van der Waals surface area contributed by atoms with E-state index in [1.807, 2.05) is 0 Å². The van der Waals surface area contributed by atoms with Gasteiger partial charge in [0.2, 0.25) is 5.56 Å². The van der Waals surface area contributed by atoms with Crippen LogP contribution in [0.2, 0.25) is 0 Å². The molecule has 0 amide bonds. The number of aromatic hydroxyl groups is 1. The Morgan fingerprint density at radius 1 is 1.15 bits per heavy atom. The molecule has 134 valence electrons. The topological polar surface area (TPSA) is 85.3 Å². The van der Waals surface area contributed by atoms with Crippen LogP contribution in [0, 0.1) is 0 Å². The molecule has 0 saturated carbocycles. The van der Waals surface area contributed by atoms with Gasteiger partial charge >= 0.3 is 0 Å². The molecule has 1 aliphatic rings. The molecule has 0 radical (unpaired) electrons. The van der Waals surface area contributed by atoms with E-state index in [9.17, 15) is 15.0 Å². The summed E-state index contributed by atoms with van der Waals surface area (Å²) in [4.78, 5) is 14.2. The fraction of sp³-hybridized carbons (Fsp3) is 0.286. The third kappa shape index (κ3) is 3.11. The summed E-state index contributed by atoms with van der Waals surface area (Å²) in [6, 6.07) is 14.9. The molecule has 0 saturated heterocycles. The molecular formula is C21H22N2O3. The fourth-order valence-corrected chi connectivity index (χ4v) is 3.88. The summed E-state index contributed by atoms with van der Waals surface area (Å²) in [7, 11) is 0. The van der Waals surface area contributed by atoms with E-state index in [0.717, 1.165) is 19.3 Å². The number of pyridine rings is 1. The van der Waals surface area contributed by atoms with Crippen LogP contribution in [-0.2, 0) is 6.42 Å². The number of aliphatic hydroxyl groups excluding tert-OH is 1. The second-order valence-corrected chi connectivity index (χ2v) is 6.85. The predicted molar refractivity (Wildman–Crippen MR) is 101 cm³/mol. The molecule has 3 aromatic rings. The summed E-state index contributed by atoms with van der Waals surface area (Å²) < 4.78 is 0. The standard InChI is InChI=1S/C21H22N2O3/c24-18-10-8-15(16-9-11-20(26)23-21(16)18)19(25)12-22-17-7-3-5-13-4-1-2-6-14(13)17/h1-2,4,6,8-11,17,19,22,24-25H,3,5,7,12H2,(H,23,26)/t17?,19-/m0/s1. The van der Waals surface area contributed by atoms with Crippen molar-refractivity contribution in [2.75, 3.05) is 6.54 Å². The Hall–Kier alpha value is -2.63. The quantitative estimate of drug-likeness (QED) is 0.583. The summed E-state index contributed by atoms with van der Waals surface area (Å²) in [6.07, 6.45) is 2.55. The molecule has 1 unspecified atom stereocenters. The maximum atomic E-state index is 11.5. The average molecular weight is 350 g/mol. The number of fused-ring (bicyclic) bond motifs is 2. The molecule has 0 aliphatic heterocycles. The van der Waals surface area contributed by atoms with Crippen LogP contribution in [0.3, 0.4) is 0 Å². The number of aromatic nitrogens is 1. The first kappa shape index (κ1) is 16.8. The summed E-state index contributed by atoms with van der Waals surface area (Å²) in [5, 5.41) is 24.8. The molecule has 5 nitrogen and oxygen atoms in total. The van der Waals surface area contributed by atoms with Crippen molar-refractivity contribution in [2.45, 2.75) is 31.4 Å². The van der Waals surface area contributed by atoms with Crippen LogP contribution in [0.1, 0.15) is 41.7 Å². The molecule has 1 heterocycles. The zero-order valence-electron chi connectivity index (χ0n) is 14.4. The smallest absolute Gasteiger partial charge is 0.248 e. The number of aromatic amines is 1. The van der Waals surface area contributed by atoms with Crippen LogP contribution in [0.25, 0.3) is 10.9 Å². The Morgan fingerprint density at radius 3 is 2.88 bits per heavy atom. The molecule has 2 atom stereocenters. The van der Waals surface area contributed by atoms with Crippen molar-refractivity contribution in [3.63, 3.8) is 0 Å². The van der Waals surface area contributed by atoms with E-state index in [1.165, 1.54) is 23.3 Å². The minimum atomic E-state index is -0.738. The Kier molecular flexibility index (Phi) is 4.49. The van der Waals surface area contributed by atoms with Crippen molar-refractivity contribution in [1.29, 1.82) is 0 Å². The third-order valence-corrected chi connectivity index (χ3v) is 5.19. The maximum Gasteiger partial charge on any atom is 0.248 e. The van der Waals surface area contributed by atoms with Crippen molar-refractivity contribution in [3.05, 3.63) is 75.6 Å². The van der Waals surface area contributed by atoms with Crippen LogP contribution in [0.15, 0.2) is 53.3 Å². The number of benzene rings is 2. The van der Waals surface area contributed by atoms with Crippen LogP contribution in [0.5, 0.6) is 5.75 Å². The highest BCUT2D eigenvalue weighted by Crippen LogP contribution is 2.31. The van der Waals surface area contributed by atoms with E-state index in [1.54, 1.807) is 12.1 Å². The summed E-state index contributed by atoms with van der Waals surface area (Å²) in [5.74, 6) is 0.00261. The van der Waals surface area contributed by atoms with Gasteiger partial charge in [-0.1, -0.05) is 30.3 Å². The number of rotatable bonds is 4.